The fraction of sp³-hybridized carbons (Fsp3) is 0.600. The summed E-state index contributed by atoms with van der Waals surface area (Å²) in [5, 5.41) is 10.1. The second kappa shape index (κ2) is 6.06. The highest BCUT2D eigenvalue weighted by Gasteiger charge is 2.22. The minimum atomic E-state index is -0.108. The Morgan fingerprint density at radius 3 is 2.59 bits per heavy atom. The zero-order valence-corrected chi connectivity index (χ0v) is 10.7. The number of para-hydroxylation sites is 1. The number of aliphatic hydroxyl groups is 1. The van der Waals surface area contributed by atoms with Crippen LogP contribution in [0.4, 0.5) is 5.69 Å². The zero-order valence-electron chi connectivity index (χ0n) is 10.7. The summed E-state index contributed by atoms with van der Waals surface area (Å²) in [6.45, 7) is 0.963. The predicted octanol–water partition coefficient (Wildman–Crippen LogP) is 3.06. The molecular weight excluding hydrogens is 210 g/mol. The molecular formula is C15H23NO. The highest BCUT2D eigenvalue weighted by molar-refractivity contribution is 5.45. The Bertz CT molecular complexity index is 325. The molecule has 0 radical (unpaired) electrons. The largest absolute Gasteiger partial charge is 0.393 e. The van der Waals surface area contributed by atoms with Crippen LogP contribution in [0.25, 0.3) is 0 Å². The van der Waals surface area contributed by atoms with Crippen LogP contribution in [0.5, 0.6) is 0 Å². The summed E-state index contributed by atoms with van der Waals surface area (Å²) in [6.07, 6.45) is 5.77. The summed E-state index contributed by atoms with van der Waals surface area (Å²) in [4.78, 5) is 2.26. The standard InChI is InChI=1S/C15H23NO/c1-16(14-9-5-3-6-10-14)12-13-8-4-2-7-11-15(13)17/h3,5-6,9-10,13,15,17H,2,4,7-8,11-12H2,1H3. The summed E-state index contributed by atoms with van der Waals surface area (Å²) in [5.74, 6) is 0.433. The van der Waals surface area contributed by atoms with Crippen LogP contribution in [0, 0.1) is 5.92 Å². The zero-order chi connectivity index (χ0) is 12.1. The Hall–Kier alpha value is -1.02. The first-order chi connectivity index (χ1) is 8.27. The quantitative estimate of drug-likeness (QED) is 0.811. The summed E-state index contributed by atoms with van der Waals surface area (Å²) in [5.41, 5.74) is 1.24. The van der Waals surface area contributed by atoms with Gasteiger partial charge in [0.2, 0.25) is 0 Å². The minimum absolute atomic E-state index is 0.108. The van der Waals surface area contributed by atoms with E-state index in [1.807, 2.05) is 6.07 Å². The van der Waals surface area contributed by atoms with Gasteiger partial charge in [0.05, 0.1) is 6.10 Å². The van der Waals surface area contributed by atoms with Crippen LogP contribution in [0.2, 0.25) is 0 Å². The lowest BCUT2D eigenvalue weighted by Crippen LogP contribution is -2.32. The first-order valence-electron chi connectivity index (χ1n) is 6.71. The second-order valence-corrected chi connectivity index (χ2v) is 5.18. The maximum absolute atomic E-state index is 10.1. The summed E-state index contributed by atoms with van der Waals surface area (Å²) >= 11 is 0. The van der Waals surface area contributed by atoms with Gasteiger partial charge in [-0.1, -0.05) is 37.5 Å². The molecule has 2 rings (SSSR count). The lowest BCUT2D eigenvalue weighted by Gasteiger charge is -2.27. The number of rotatable bonds is 3. The van der Waals surface area contributed by atoms with Crippen molar-refractivity contribution in [3.05, 3.63) is 30.3 Å². The number of benzene rings is 1. The van der Waals surface area contributed by atoms with Gasteiger partial charge in [0, 0.05) is 25.2 Å². The molecule has 2 nitrogen and oxygen atoms in total. The van der Waals surface area contributed by atoms with Crippen molar-refractivity contribution in [2.24, 2.45) is 5.92 Å². The smallest absolute Gasteiger partial charge is 0.0585 e. The van der Waals surface area contributed by atoms with Crippen molar-refractivity contribution in [2.75, 3.05) is 18.5 Å². The van der Waals surface area contributed by atoms with E-state index in [1.165, 1.54) is 31.4 Å². The number of nitrogens with zero attached hydrogens (tertiary/aromatic N) is 1. The summed E-state index contributed by atoms with van der Waals surface area (Å²) in [6, 6.07) is 10.4. The van der Waals surface area contributed by atoms with Gasteiger partial charge in [-0.05, 0) is 25.0 Å². The fourth-order valence-corrected chi connectivity index (χ4v) is 2.72. The van der Waals surface area contributed by atoms with Gasteiger partial charge in [-0.25, -0.2) is 0 Å². The van der Waals surface area contributed by atoms with E-state index in [0.717, 1.165) is 13.0 Å². The molecule has 2 unspecified atom stereocenters. The topological polar surface area (TPSA) is 23.5 Å². The van der Waals surface area contributed by atoms with Gasteiger partial charge in [0.15, 0.2) is 0 Å². The highest BCUT2D eigenvalue weighted by Crippen LogP contribution is 2.25. The molecule has 1 aliphatic rings. The Labute approximate surface area is 104 Å². The van der Waals surface area contributed by atoms with Gasteiger partial charge in [0.25, 0.3) is 0 Å². The molecule has 0 aliphatic heterocycles. The first kappa shape index (κ1) is 12.4. The molecule has 1 fully saturated rings. The molecule has 2 heteroatoms. The van der Waals surface area contributed by atoms with Crippen molar-refractivity contribution in [1.29, 1.82) is 0 Å². The lowest BCUT2D eigenvalue weighted by atomic mass is 9.96. The van der Waals surface area contributed by atoms with Crippen LogP contribution < -0.4 is 4.90 Å². The molecule has 1 aromatic carbocycles. The molecule has 94 valence electrons. The second-order valence-electron chi connectivity index (χ2n) is 5.18. The molecule has 0 bridgehead atoms. The summed E-state index contributed by atoms with van der Waals surface area (Å²) in [7, 11) is 2.12. The van der Waals surface area contributed by atoms with Gasteiger partial charge >= 0.3 is 0 Å². The monoisotopic (exact) mass is 233 g/mol. The van der Waals surface area contributed by atoms with E-state index < -0.39 is 0 Å². The molecule has 0 heterocycles. The maximum Gasteiger partial charge on any atom is 0.0585 e. The van der Waals surface area contributed by atoms with Crippen molar-refractivity contribution in [2.45, 2.75) is 38.2 Å². The number of hydrogen-bond donors (Lipinski definition) is 1. The Balaban J connectivity index is 1.95. The van der Waals surface area contributed by atoms with Crippen molar-refractivity contribution >= 4 is 5.69 Å². The van der Waals surface area contributed by atoms with E-state index in [0.29, 0.717) is 5.92 Å². The Morgan fingerprint density at radius 2 is 1.82 bits per heavy atom. The van der Waals surface area contributed by atoms with Gasteiger partial charge < -0.3 is 10.0 Å². The van der Waals surface area contributed by atoms with E-state index >= 15 is 0 Å². The lowest BCUT2D eigenvalue weighted by molar-refractivity contribution is 0.104. The molecule has 0 saturated heterocycles. The third kappa shape index (κ3) is 3.47. The van der Waals surface area contributed by atoms with Crippen molar-refractivity contribution < 1.29 is 5.11 Å². The van der Waals surface area contributed by atoms with Crippen LogP contribution >= 0.6 is 0 Å². The molecule has 1 saturated carbocycles. The van der Waals surface area contributed by atoms with E-state index in [1.54, 1.807) is 0 Å². The average Bonchev–Trinajstić information content (AvgIpc) is 2.56. The van der Waals surface area contributed by atoms with Crippen LogP contribution in [0.15, 0.2) is 30.3 Å². The van der Waals surface area contributed by atoms with E-state index in [4.69, 9.17) is 0 Å². The average molecular weight is 233 g/mol. The molecule has 0 aromatic heterocycles. The molecule has 17 heavy (non-hydrogen) atoms. The molecule has 1 aliphatic carbocycles. The van der Waals surface area contributed by atoms with Crippen LogP contribution in [0.3, 0.4) is 0 Å². The first-order valence-corrected chi connectivity index (χ1v) is 6.71. The Kier molecular flexibility index (Phi) is 4.43. The minimum Gasteiger partial charge on any atom is -0.393 e. The molecule has 1 aromatic rings. The SMILES string of the molecule is CN(CC1CCCCCC1O)c1ccccc1. The van der Waals surface area contributed by atoms with Crippen LogP contribution in [0.1, 0.15) is 32.1 Å². The molecule has 1 N–H and O–H groups in total. The van der Waals surface area contributed by atoms with Crippen molar-refractivity contribution in [3.63, 3.8) is 0 Å². The third-order valence-corrected chi connectivity index (χ3v) is 3.82. The normalized spacial score (nSPS) is 25.3. The van der Waals surface area contributed by atoms with Gasteiger partial charge in [-0.2, -0.15) is 0 Å². The van der Waals surface area contributed by atoms with Gasteiger partial charge in [-0.3, -0.25) is 0 Å². The summed E-state index contributed by atoms with van der Waals surface area (Å²) < 4.78 is 0. The Morgan fingerprint density at radius 1 is 1.12 bits per heavy atom. The third-order valence-electron chi connectivity index (χ3n) is 3.82. The maximum atomic E-state index is 10.1. The van der Waals surface area contributed by atoms with Gasteiger partial charge in [0.1, 0.15) is 0 Å². The van der Waals surface area contributed by atoms with Crippen LogP contribution in [-0.2, 0) is 0 Å². The number of anilines is 1. The highest BCUT2D eigenvalue weighted by atomic mass is 16.3. The van der Waals surface area contributed by atoms with E-state index in [9.17, 15) is 5.11 Å². The fourth-order valence-electron chi connectivity index (χ4n) is 2.72. The van der Waals surface area contributed by atoms with Crippen molar-refractivity contribution in [3.8, 4) is 0 Å². The van der Waals surface area contributed by atoms with Crippen molar-refractivity contribution in [1.82, 2.24) is 0 Å². The molecule has 2 atom stereocenters. The molecule has 0 spiro atoms. The molecule has 0 amide bonds. The van der Waals surface area contributed by atoms with Gasteiger partial charge in [-0.15, -0.1) is 0 Å². The van der Waals surface area contributed by atoms with E-state index in [-0.39, 0.29) is 6.10 Å². The van der Waals surface area contributed by atoms with E-state index in [2.05, 4.69) is 36.2 Å². The number of hydrogen-bond acceptors (Lipinski definition) is 2. The van der Waals surface area contributed by atoms with Crippen LogP contribution in [-0.4, -0.2) is 24.8 Å². The predicted molar refractivity (Wildman–Crippen MR) is 72.3 cm³/mol. The number of aliphatic hydroxyl groups excluding tert-OH is 1.